The summed E-state index contributed by atoms with van der Waals surface area (Å²) in [5.74, 6) is 0.471. The molecule has 0 unspecified atom stereocenters. The molecule has 208 valence electrons. The highest BCUT2D eigenvalue weighted by Crippen LogP contribution is 2.53. The number of hydrogen-bond acceptors (Lipinski definition) is 13. The summed E-state index contributed by atoms with van der Waals surface area (Å²) in [6.07, 6.45) is -1.21. The highest BCUT2D eigenvalue weighted by molar-refractivity contribution is 7.53. The number of aromatic amines is 1. The summed E-state index contributed by atoms with van der Waals surface area (Å²) in [7, 11) is -3.75. The van der Waals surface area contributed by atoms with Crippen molar-refractivity contribution in [1.29, 1.82) is 0 Å². The predicted octanol–water partition coefficient (Wildman–Crippen LogP) is -0.644. The average molecular weight is 576 g/mol. The molecule has 19 heteroatoms. The topological polar surface area (TPSA) is 236 Å². The number of H-pyrrole nitrogens is 1. The van der Waals surface area contributed by atoms with Gasteiger partial charge in [-0.25, -0.2) is 4.68 Å². The van der Waals surface area contributed by atoms with Crippen LogP contribution in [0, 0.1) is 0 Å². The van der Waals surface area contributed by atoms with Crippen molar-refractivity contribution in [2.75, 3.05) is 25.6 Å². The fraction of sp³-hybridized carbons (Fsp3) is 0.684. The minimum Gasteiger partial charge on any atom is -0.387 e. The molecular weight excluding hydrogens is 549 g/mol. The monoisotopic (exact) mass is 575 g/mol. The number of fused-ring (bicyclic) bond motifs is 1. The summed E-state index contributed by atoms with van der Waals surface area (Å²) in [6, 6.07) is 0.262. The smallest absolute Gasteiger partial charge is 0.359 e. The summed E-state index contributed by atoms with van der Waals surface area (Å²) >= 11 is 6.15. The number of rotatable bonds is 11. The summed E-state index contributed by atoms with van der Waals surface area (Å²) in [6.45, 7) is -1.05. The minimum absolute atomic E-state index is 0.0259. The maximum absolute atomic E-state index is 12.5. The number of aliphatic hydroxyl groups excluding tert-OH is 2. The first-order chi connectivity index (χ1) is 18.1. The molecule has 5 rings (SSSR count). The number of methoxy groups -OCH3 is 1. The van der Waals surface area contributed by atoms with E-state index in [2.05, 4.69) is 41.0 Å². The van der Waals surface area contributed by atoms with Gasteiger partial charge in [0.2, 0.25) is 5.28 Å². The van der Waals surface area contributed by atoms with Gasteiger partial charge >= 0.3 is 7.60 Å². The van der Waals surface area contributed by atoms with Gasteiger partial charge in [0.25, 0.3) is 0 Å². The van der Waals surface area contributed by atoms with E-state index in [1.54, 1.807) is 0 Å². The molecule has 0 aromatic carbocycles. The highest BCUT2D eigenvalue weighted by Gasteiger charge is 2.52. The number of nitrogens with one attached hydrogen (secondary N) is 2. The summed E-state index contributed by atoms with van der Waals surface area (Å²) in [5.41, 5.74) is 0.269. The standard InChI is InChI=1S/C19H27ClN9O8P/c1-35-8-19(38(32,33)34,5-12-25-27-28-26-12)36-7-11-13(30)14(31)17(37-11)29-16-10(6-21-29)15(23-18(20)24-16)22-9-3-2-4-9/h6,9,11,13-14,17,30-31H,2-5,7-8H2,1H3,(H,22,23,24)(H2,32,33,34)(H,25,26,27,28)/t11-,13-,14-,17-,19-/m1/s1. The van der Waals surface area contributed by atoms with Gasteiger partial charge in [0.05, 0.1) is 31.2 Å². The van der Waals surface area contributed by atoms with Crippen LogP contribution in [0.5, 0.6) is 0 Å². The second-order valence-electron chi connectivity index (χ2n) is 9.23. The molecule has 1 aliphatic carbocycles. The van der Waals surface area contributed by atoms with Gasteiger partial charge in [0.1, 0.15) is 24.1 Å². The molecule has 17 nitrogen and oxygen atoms in total. The number of hydrogen-bond donors (Lipinski definition) is 6. The van der Waals surface area contributed by atoms with Gasteiger partial charge in [0.15, 0.2) is 23.0 Å². The van der Waals surface area contributed by atoms with Gasteiger partial charge in [-0.05, 0) is 30.9 Å². The first-order valence-electron chi connectivity index (χ1n) is 11.7. The Bertz CT molecular complexity index is 1300. The van der Waals surface area contributed by atoms with E-state index in [1.165, 1.54) is 18.0 Å². The zero-order valence-corrected chi connectivity index (χ0v) is 21.7. The Balaban J connectivity index is 1.37. The Morgan fingerprint density at radius 3 is 2.74 bits per heavy atom. The molecule has 38 heavy (non-hydrogen) atoms. The van der Waals surface area contributed by atoms with E-state index in [0.29, 0.717) is 11.2 Å². The third-order valence-corrected chi connectivity index (χ3v) is 8.34. The van der Waals surface area contributed by atoms with Crippen molar-refractivity contribution in [2.45, 2.75) is 61.6 Å². The van der Waals surface area contributed by atoms with Crippen molar-refractivity contribution in [2.24, 2.45) is 0 Å². The van der Waals surface area contributed by atoms with Crippen LogP contribution in [0.3, 0.4) is 0 Å². The van der Waals surface area contributed by atoms with Gasteiger partial charge in [-0.2, -0.15) is 20.3 Å². The number of nitrogens with zero attached hydrogens (tertiary/aromatic N) is 7. The lowest BCUT2D eigenvalue weighted by atomic mass is 9.93. The first-order valence-corrected chi connectivity index (χ1v) is 13.7. The van der Waals surface area contributed by atoms with Gasteiger partial charge in [0, 0.05) is 13.2 Å². The molecule has 2 fully saturated rings. The van der Waals surface area contributed by atoms with Crippen molar-refractivity contribution < 1.29 is 38.8 Å². The van der Waals surface area contributed by atoms with Crippen LogP contribution in [0.1, 0.15) is 31.3 Å². The van der Waals surface area contributed by atoms with Crippen LogP contribution in [0.4, 0.5) is 5.82 Å². The van der Waals surface area contributed by atoms with Crippen LogP contribution in [0.2, 0.25) is 5.28 Å². The molecular formula is C19H27ClN9O8P. The fourth-order valence-corrected chi connectivity index (χ4v) is 5.44. The van der Waals surface area contributed by atoms with E-state index in [-0.39, 0.29) is 22.8 Å². The van der Waals surface area contributed by atoms with Crippen LogP contribution in [0.15, 0.2) is 6.20 Å². The Hall–Kier alpha value is -2.34. The van der Waals surface area contributed by atoms with Gasteiger partial charge in [-0.3, -0.25) is 4.57 Å². The zero-order valence-electron chi connectivity index (χ0n) is 20.1. The molecule has 3 aromatic rings. The van der Waals surface area contributed by atoms with Crippen molar-refractivity contribution in [3.05, 3.63) is 17.3 Å². The molecule has 2 aliphatic rings. The number of anilines is 1. The number of aliphatic hydroxyl groups is 2. The Morgan fingerprint density at radius 1 is 1.32 bits per heavy atom. The summed E-state index contributed by atoms with van der Waals surface area (Å²) < 4.78 is 30.3. The number of halogens is 1. The van der Waals surface area contributed by atoms with Crippen molar-refractivity contribution in [3.8, 4) is 0 Å². The zero-order chi connectivity index (χ0) is 27.1. The Labute approximate surface area is 220 Å². The molecule has 3 aromatic heterocycles. The molecule has 5 atom stereocenters. The van der Waals surface area contributed by atoms with E-state index in [0.717, 1.165) is 19.3 Å². The van der Waals surface area contributed by atoms with E-state index in [4.69, 9.17) is 25.8 Å². The molecule has 4 heterocycles. The molecule has 0 radical (unpaired) electrons. The van der Waals surface area contributed by atoms with Crippen LogP contribution < -0.4 is 5.32 Å². The van der Waals surface area contributed by atoms with E-state index < -0.39 is 57.1 Å². The first kappa shape index (κ1) is 27.2. The van der Waals surface area contributed by atoms with Gasteiger partial charge < -0.3 is 39.5 Å². The largest absolute Gasteiger partial charge is 0.387 e. The second kappa shape index (κ2) is 10.7. The van der Waals surface area contributed by atoms with Crippen molar-refractivity contribution in [1.82, 2.24) is 40.4 Å². The highest BCUT2D eigenvalue weighted by atomic mass is 35.5. The minimum atomic E-state index is -5.00. The summed E-state index contributed by atoms with van der Waals surface area (Å²) in [4.78, 5) is 28.7. The number of aromatic nitrogens is 8. The number of tetrazole rings is 1. The Morgan fingerprint density at radius 2 is 2.11 bits per heavy atom. The van der Waals surface area contributed by atoms with E-state index in [1.807, 2.05) is 0 Å². The molecule has 6 N–H and O–H groups in total. The molecule has 1 aliphatic heterocycles. The van der Waals surface area contributed by atoms with Crippen LogP contribution >= 0.6 is 19.2 Å². The van der Waals surface area contributed by atoms with Crippen LogP contribution in [-0.2, 0) is 25.2 Å². The van der Waals surface area contributed by atoms with Crippen LogP contribution in [0.25, 0.3) is 11.0 Å². The third kappa shape index (κ3) is 5.13. The van der Waals surface area contributed by atoms with Crippen LogP contribution in [-0.4, -0.2) is 110 Å². The molecule has 0 spiro atoms. The number of ether oxygens (including phenoxy) is 3. The lowest BCUT2D eigenvalue weighted by molar-refractivity contribution is -0.113. The van der Waals surface area contributed by atoms with Gasteiger partial charge in [-0.1, -0.05) is 5.21 Å². The predicted molar refractivity (Wildman–Crippen MR) is 128 cm³/mol. The van der Waals surface area contributed by atoms with E-state index >= 15 is 0 Å². The molecule has 0 amide bonds. The second-order valence-corrected chi connectivity index (χ2v) is 11.5. The third-order valence-electron chi connectivity index (χ3n) is 6.69. The SMILES string of the molecule is COC[C@](Cc1nn[nH]n1)(OC[C@H]1O[C@@H](n2ncc3c(NC4CCC4)nc(Cl)nc32)[C@H](O)[C@@H]1O)P(=O)(O)O. The normalized spacial score (nSPS) is 25.9. The van der Waals surface area contributed by atoms with Crippen molar-refractivity contribution in [3.63, 3.8) is 0 Å². The maximum Gasteiger partial charge on any atom is 0.359 e. The van der Waals surface area contributed by atoms with Crippen molar-refractivity contribution >= 4 is 36.0 Å². The lowest BCUT2D eigenvalue weighted by Gasteiger charge is -2.33. The Kier molecular flexibility index (Phi) is 7.65. The summed E-state index contributed by atoms with van der Waals surface area (Å²) in [5, 5.41) is 40.5. The average Bonchev–Trinajstić information content (AvgIpc) is 3.55. The quantitative estimate of drug-likeness (QED) is 0.123. The van der Waals surface area contributed by atoms with E-state index in [9.17, 15) is 24.6 Å². The molecule has 1 saturated carbocycles. The molecule has 0 bridgehead atoms. The fourth-order valence-electron chi connectivity index (χ4n) is 4.39. The van der Waals surface area contributed by atoms with Gasteiger partial charge in [-0.15, -0.1) is 10.2 Å². The maximum atomic E-state index is 12.5. The lowest BCUT2D eigenvalue weighted by Crippen LogP contribution is -2.44. The molecule has 1 saturated heterocycles.